The summed E-state index contributed by atoms with van der Waals surface area (Å²) in [6, 6.07) is 10.6. The molecule has 98 valence electrons. The van der Waals surface area contributed by atoms with Gasteiger partial charge in [-0.05, 0) is 18.6 Å². The van der Waals surface area contributed by atoms with Crippen LogP contribution >= 0.6 is 0 Å². The SMILES string of the molecule is CC(C)(C)C(=O)NC1CCN(c2ccccc2)C1. The van der Waals surface area contributed by atoms with Crippen molar-refractivity contribution in [1.82, 2.24) is 5.32 Å². The van der Waals surface area contributed by atoms with E-state index in [0.717, 1.165) is 19.5 Å². The predicted molar refractivity (Wildman–Crippen MR) is 74.7 cm³/mol. The first kappa shape index (κ1) is 12.9. The van der Waals surface area contributed by atoms with Crippen LogP contribution in [-0.4, -0.2) is 25.0 Å². The fraction of sp³-hybridized carbons (Fsp3) is 0.533. The quantitative estimate of drug-likeness (QED) is 0.869. The summed E-state index contributed by atoms with van der Waals surface area (Å²) in [7, 11) is 0. The monoisotopic (exact) mass is 246 g/mol. The second-order valence-corrected chi connectivity index (χ2v) is 5.99. The minimum atomic E-state index is -0.305. The van der Waals surface area contributed by atoms with Gasteiger partial charge < -0.3 is 10.2 Å². The molecule has 3 nitrogen and oxygen atoms in total. The van der Waals surface area contributed by atoms with Crippen LogP contribution in [0.4, 0.5) is 5.69 Å². The van der Waals surface area contributed by atoms with Gasteiger partial charge in [-0.3, -0.25) is 4.79 Å². The molecule has 18 heavy (non-hydrogen) atoms. The zero-order valence-corrected chi connectivity index (χ0v) is 11.4. The first-order valence-electron chi connectivity index (χ1n) is 6.58. The number of carbonyl (C=O) groups excluding carboxylic acids is 1. The molecule has 0 aromatic heterocycles. The van der Waals surface area contributed by atoms with Crippen molar-refractivity contribution in [2.75, 3.05) is 18.0 Å². The third kappa shape index (κ3) is 3.03. The van der Waals surface area contributed by atoms with Gasteiger partial charge in [0.05, 0.1) is 0 Å². The molecule has 1 atom stereocenters. The highest BCUT2D eigenvalue weighted by Gasteiger charge is 2.28. The second-order valence-electron chi connectivity index (χ2n) is 5.99. The van der Waals surface area contributed by atoms with E-state index in [1.165, 1.54) is 5.69 Å². The Morgan fingerprint density at radius 1 is 1.28 bits per heavy atom. The molecule has 0 spiro atoms. The Morgan fingerprint density at radius 2 is 1.94 bits per heavy atom. The first-order chi connectivity index (χ1) is 8.47. The van der Waals surface area contributed by atoms with Gasteiger partial charge in [-0.1, -0.05) is 39.0 Å². The molecular formula is C15H22N2O. The van der Waals surface area contributed by atoms with E-state index in [2.05, 4.69) is 34.5 Å². The van der Waals surface area contributed by atoms with Crippen LogP contribution in [0.5, 0.6) is 0 Å². The summed E-state index contributed by atoms with van der Waals surface area (Å²) in [5.41, 5.74) is 0.935. The highest BCUT2D eigenvalue weighted by molar-refractivity contribution is 5.81. The average Bonchev–Trinajstić information content (AvgIpc) is 2.77. The Kier molecular flexibility index (Phi) is 3.60. The molecule has 3 heteroatoms. The zero-order valence-electron chi connectivity index (χ0n) is 11.4. The predicted octanol–water partition coefficient (Wildman–Crippen LogP) is 2.43. The summed E-state index contributed by atoms with van der Waals surface area (Å²) >= 11 is 0. The van der Waals surface area contributed by atoms with E-state index in [-0.39, 0.29) is 17.4 Å². The Bertz CT molecular complexity index is 408. The summed E-state index contributed by atoms with van der Waals surface area (Å²) in [6.45, 7) is 7.77. The molecule has 2 rings (SSSR count). The third-order valence-electron chi connectivity index (χ3n) is 3.33. The maximum Gasteiger partial charge on any atom is 0.225 e. The molecular weight excluding hydrogens is 224 g/mol. The molecule has 0 bridgehead atoms. The lowest BCUT2D eigenvalue weighted by Crippen LogP contribution is -2.43. The molecule has 1 N–H and O–H groups in total. The molecule has 0 aliphatic carbocycles. The number of nitrogens with one attached hydrogen (secondary N) is 1. The summed E-state index contributed by atoms with van der Waals surface area (Å²) in [6.07, 6.45) is 1.02. The molecule has 0 radical (unpaired) electrons. The smallest absolute Gasteiger partial charge is 0.225 e. The van der Waals surface area contributed by atoms with E-state index in [1.807, 2.05) is 26.8 Å². The van der Waals surface area contributed by atoms with Crippen LogP contribution in [0.1, 0.15) is 27.2 Å². The van der Waals surface area contributed by atoms with Crippen molar-refractivity contribution in [2.45, 2.75) is 33.2 Å². The van der Waals surface area contributed by atoms with E-state index in [4.69, 9.17) is 0 Å². The number of anilines is 1. The van der Waals surface area contributed by atoms with E-state index >= 15 is 0 Å². The molecule has 1 amide bonds. The van der Waals surface area contributed by atoms with Crippen molar-refractivity contribution in [3.8, 4) is 0 Å². The Labute approximate surface area is 109 Å². The standard InChI is InChI=1S/C15H22N2O/c1-15(2,3)14(18)16-12-9-10-17(11-12)13-7-5-4-6-8-13/h4-8,12H,9-11H2,1-3H3,(H,16,18). The lowest BCUT2D eigenvalue weighted by molar-refractivity contribution is -0.129. The highest BCUT2D eigenvalue weighted by atomic mass is 16.2. The van der Waals surface area contributed by atoms with E-state index in [0.29, 0.717) is 0 Å². The van der Waals surface area contributed by atoms with E-state index in [1.54, 1.807) is 0 Å². The minimum absolute atomic E-state index is 0.141. The van der Waals surface area contributed by atoms with Crippen LogP contribution in [-0.2, 0) is 4.79 Å². The average molecular weight is 246 g/mol. The summed E-state index contributed by atoms with van der Waals surface area (Å²) in [4.78, 5) is 14.3. The molecule has 1 heterocycles. The van der Waals surface area contributed by atoms with Crippen molar-refractivity contribution in [2.24, 2.45) is 5.41 Å². The van der Waals surface area contributed by atoms with Gasteiger partial charge in [0.25, 0.3) is 0 Å². The molecule has 1 fully saturated rings. The van der Waals surface area contributed by atoms with Gasteiger partial charge >= 0.3 is 0 Å². The normalized spacial score (nSPS) is 19.9. The molecule has 1 aromatic carbocycles. The highest BCUT2D eigenvalue weighted by Crippen LogP contribution is 2.21. The van der Waals surface area contributed by atoms with E-state index < -0.39 is 0 Å². The number of hydrogen-bond acceptors (Lipinski definition) is 2. The molecule has 1 aliphatic rings. The largest absolute Gasteiger partial charge is 0.369 e. The van der Waals surface area contributed by atoms with Gasteiger partial charge in [0.15, 0.2) is 0 Å². The fourth-order valence-corrected chi connectivity index (χ4v) is 2.15. The van der Waals surface area contributed by atoms with E-state index in [9.17, 15) is 4.79 Å². The van der Waals surface area contributed by atoms with Crippen LogP contribution < -0.4 is 10.2 Å². The summed E-state index contributed by atoms with van der Waals surface area (Å²) in [5.74, 6) is 0.141. The Balaban J connectivity index is 1.92. The topological polar surface area (TPSA) is 32.3 Å². The van der Waals surface area contributed by atoms with Crippen LogP contribution in [0.25, 0.3) is 0 Å². The summed E-state index contributed by atoms with van der Waals surface area (Å²) in [5, 5.41) is 3.14. The number of rotatable bonds is 2. The fourth-order valence-electron chi connectivity index (χ4n) is 2.15. The van der Waals surface area contributed by atoms with Crippen LogP contribution in [0.2, 0.25) is 0 Å². The number of amides is 1. The molecule has 1 aliphatic heterocycles. The van der Waals surface area contributed by atoms with Gasteiger partial charge in [0.2, 0.25) is 5.91 Å². The Morgan fingerprint density at radius 3 is 2.56 bits per heavy atom. The second kappa shape index (κ2) is 5.01. The van der Waals surface area contributed by atoms with Gasteiger partial charge in [0.1, 0.15) is 0 Å². The summed E-state index contributed by atoms with van der Waals surface area (Å²) < 4.78 is 0. The lowest BCUT2D eigenvalue weighted by atomic mass is 9.95. The maximum atomic E-state index is 11.9. The van der Waals surface area contributed by atoms with Crippen molar-refractivity contribution in [3.63, 3.8) is 0 Å². The lowest BCUT2D eigenvalue weighted by Gasteiger charge is -2.22. The van der Waals surface area contributed by atoms with Gasteiger partial charge in [-0.15, -0.1) is 0 Å². The van der Waals surface area contributed by atoms with Crippen LogP contribution in [0.15, 0.2) is 30.3 Å². The number of nitrogens with zero attached hydrogens (tertiary/aromatic N) is 1. The van der Waals surface area contributed by atoms with Crippen LogP contribution in [0, 0.1) is 5.41 Å². The molecule has 1 saturated heterocycles. The van der Waals surface area contributed by atoms with Gasteiger partial charge in [0, 0.05) is 30.2 Å². The third-order valence-corrected chi connectivity index (χ3v) is 3.33. The number of para-hydroxylation sites is 1. The van der Waals surface area contributed by atoms with Crippen LogP contribution in [0.3, 0.4) is 0 Å². The Hall–Kier alpha value is -1.51. The number of benzene rings is 1. The number of hydrogen-bond donors (Lipinski definition) is 1. The minimum Gasteiger partial charge on any atom is -0.369 e. The van der Waals surface area contributed by atoms with Gasteiger partial charge in [-0.2, -0.15) is 0 Å². The zero-order chi connectivity index (χ0) is 13.2. The van der Waals surface area contributed by atoms with Crippen molar-refractivity contribution >= 4 is 11.6 Å². The van der Waals surface area contributed by atoms with Crippen molar-refractivity contribution in [1.29, 1.82) is 0 Å². The van der Waals surface area contributed by atoms with Crippen molar-refractivity contribution < 1.29 is 4.79 Å². The molecule has 1 aromatic rings. The maximum absolute atomic E-state index is 11.9. The molecule has 1 unspecified atom stereocenters. The first-order valence-corrected chi connectivity index (χ1v) is 6.58. The number of carbonyl (C=O) groups is 1. The molecule has 0 saturated carbocycles. The van der Waals surface area contributed by atoms with Crippen molar-refractivity contribution in [3.05, 3.63) is 30.3 Å². The van der Waals surface area contributed by atoms with Gasteiger partial charge in [-0.25, -0.2) is 0 Å².